The van der Waals surface area contributed by atoms with Crippen molar-refractivity contribution >= 4 is 22.8 Å². The summed E-state index contributed by atoms with van der Waals surface area (Å²) in [6.07, 6.45) is 1.21. The first kappa shape index (κ1) is 17.1. The van der Waals surface area contributed by atoms with Gasteiger partial charge in [-0.05, 0) is 29.5 Å². The van der Waals surface area contributed by atoms with E-state index in [1.807, 2.05) is 25.1 Å². The molecule has 0 aliphatic carbocycles. The number of carboxylic acids is 1. The highest BCUT2D eigenvalue weighted by molar-refractivity contribution is 5.98. The third-order valence-electron chi connectivity index (χ3n) is 3.93. The molecule has 3 N–H and O–H groups in total. The van der Waals surface area contributed by atoms with E-state index in [-0.39, 0.29) is 23.6 Å². The van der Waals surface area contributed by atoms with Gasteiger partial charge in [0.05, 0.1) is 0 Å². The van der Waals surface area contributed by atoms with Crippen LogP contribution in [0.5, 0.6) is 0 Å². The Morgan fingerprint density at radius 2 is 1.96 bits per heavy atom. The van der Waals surface area contributed by atoms with Gasteiger partial charge >= 0.3 is 5.97 Å². The number of aromatic amines is 1. The summed E-state index contributed by atoms with van der Waals surface area (Å²) in [5, 5.41) is 13.1. The number of H-pyrrole nitrogens is 1. The molecule has 0 saturated carbocycles. The molecule has 0 spiro atoms. The summed E-state index contributed by atoms with van der Waals surface area (Å²) in [5.74, 6) is -1.08. The van der Waals surface area contributed by atoms with E-state index in [1.54, 1.807) is 0 Å². The average molecular weight is 316 g/mol. The SMILES string of the molecule is CCCC(=O)NCc1c(C(=O)O)[nH]c2ccc(C(C)(C)C)cc12. The second kappa shape index (κ2) is 6.44. The number of benzene rings is 1. The molecule has 23 heavy (non-hydrogen) atoms. The zero-order chi connectivity index (χ0) is 17.2. The number of nitrogens with one attached hydrogen (secondary N) is 2. The molecule has 1 amide bonds. The summed E-state index contributed by atoms with van der Waals surface area (Å²) >= 11 is 0. The first-order chi connectivity index (χ1) is 10.7. The first-order valence-electron chi connectivity index (χ1n) is 7.89. The molecule has 2 rings (SSSR count). The summed E-state index contributed by atoms with van der Waals surface area (Å²) in [6.45, 7) is 8.49. The molecule has 0 atom stereocenters. The number of aromatic nitrogens is 1. The van der Waals surface area contributed by atoms with E-state index in [2.05, 4.69) is 31.1 Å². The smallest absolute Gasteiger partial charge is 0.352 e. The second-order valence-corrected chi connectivity index (χ2v) is 6.82. The van der Waals surface area contributed by atoms with Gasteiger partial charge in [-0.2, -0.15) is 0 Å². The molecule has 1 heterocycles. The molecular formula is C18H24N2O3. The summed E-state index contributed by atoms with van der Waals surface area (Å²) in [4.78, 5) is 26.2. The van der Waals surface area contributed by atoms with E-state index in [4.69, 9.17) is 0 Å². The molecule has 124 valence electrons. The van der Waals surface area contributed by atoms with Crippen molar-refractivity contribution in [3.8, 4) is 0 Å². The van der Waals surface area contributed by atoms with Crippen LogP contribution in [0.2, 0.25) is 0 Å². The maximum absolute atomic E-state index is 11.7. The molecule has 0 unspecified atom stereocenters. The lowest BCUT2D eigenvalue weighted by Crippen LogP contribution is -2.23. The molecular weight excluding hydrogens is 292 g/mol. The zero-order valence-corrected chi connectivity index (χ0v) is 14.1. The van der Waals surface area contributed by atoms with E-state index in [9.17, 15) is 14.7 Å². The van der Waals surface area contributed by atoms with Crippen molar-refractivity contribution in [3.63, 3.8) is 0 Å². The fourth-order valence-electron chi connectivity index (χ4n) is 2.58. The summed E-state index contributed by atoms with van der Waals surface area (Å²) in [7, 11) is 0. The minimum absolute atomic E-state index is 0.0302. The number of hydrogen-bond acceptors (Lipinski definition) is 2. The number of carboxylic acid groups (broad SMARTS) is 1. The van der Waals surface area contributed by atoms with Gasteiger partial charge in [0, 0.05) is 29.4 Å². The Bertz CT molecular complexity index is 739. The maximum atomic E-state index is 11.7. The molecule has 1 aromatic carbocycles. The van der Waals surface area contributed by atoms with E-state index in [0.29, 0.717) is 12.0 Å². The van der Waals surface area contributed by atoms with Gasteiger partial charge in [-0.3, -0.25) is 4.79 Å². The van der Waals surface area contributed by atoms with Crippen LogP contribution in [-0.2, 0) is 16.8 Å². The largest absolute Gasteiger partial charge is 0.477 e. The number of carbonyl (C=O) groups is 2. The van der Waals surface area contributed by atoms with E-state index >= 15 is 0 Å². The highest BCUT2D eigenvalue weighted by atomic mass is 16.4. The van der Waals surface area contributed by atoms with E-state index in [1.165, 1.54) is 0 Å². The van der Waals surface area contributed by atoms with E-state index in [0.717, 1.165) is 22.9 Å². The van der Waals surface area contributed by atoms with Crippen LogP contribution >= 0.6 is 0 Å². The van der Waals surface area contributed by atoms with Gasteiger partial charge in [-0.25, -0.2) is 4.79 Å². The third-order valence-corrected chi connectivity index (χ3v) is 3.93. The van der Waals surface area contributed by atoms with E-state index < -0.39 is 5.97 Å². The monoisotopic (exact) mass is 316 g/mol. The Morgan fingerprint density at radius 1 is 1.26 bits per heavy atom. The standard InChI is InChI=1S/C18H24N2O3/c1-5-6-15(21)19-10-13-12-9-11(18(2,3)4)7-8-14(12)20-16(13)17(22)23/h7-9,20H,5-6,10H2,1-4H3,(H,19,21)(H,22,23). The molecule has 2 aromatic rings. The van der Waals surface area contributed by atoms with Crippen LogP contribution in [0.15, 0.2) is 18.2 Å². The Labute approximate surface area is 136 Å². The second-order valence-electron chi connectivity index (χ2n) is 6.82. The molecule has 0 bridgehead atoms. The summed E-state index contributed by atoms with van der Waals surface area (Å²) in [5.41, 5.74) is 2.64. The minimum atomic E-state index is -1.02. The molecule has 5 heteroatoms. The molecule has 5 nitrogen and oxygen atoms in total. The molecule has 0 radical (unpaired) electrons. The quantitative estimate of drug-likeness (QED) is 0.788. The van der Waals surface area contributed by atoms with Crippen LogP contribution in [0.4, 0.5) is 0 Å². The lowest BCUT2D eigenvalue weighted by atomic mass is 9.86. The topological polar surface area (TPSA) is 82.2 Å². The van der Waals surface area contributed by atoms with Crippen molar-refractivity contribution in [1.29, 1.82) is 0 Å². The highest BCUT2D eigenvalue weighted by Gasteiger charge is 2.20. The lowest BCUT2D eigenvalue weighted by Gasteiger charge is -2.19. The summed E-state index contributed by atoms with van der Waals surface area (Å²) < 4.78 is 0. The minimum Gasteiger partial charge on any atom is -0.477 e. The number of aromatic carboxylic acids is 1. The van der Waals surface area contributed by atoms with Crippen molar-refractivity contribution in [1.82, 2.24) is 10.3 Å². The Hall–Kier alpha value is -2.30. The van der Waals surface area contributed by atoms with Gasteiger partial charge in [-0.1, -0.05) is 33.8 Å². The molecule has 0 saturated heterocycles. The first-order valence-corrected chi connectivity index (χ1v) is 7.89. The number of rotatable bonds is 5. The molecule has 0 fully saturated rings. The van der Waals surface area contributed by atoms with Gasteiger partial charge in [0.2, 0.25) is 5.91 Å². The predicted molar refractivity (Wildman–Crippen MR) is 90.7 cm³/mol. The fraction of sp³-hybridized carbons (Fsp3) is 0.444. The van der Waals surface area contributed by atoms with Crippen LogP contribution in [0.3, 0.4) is 0 Å². The van der Waals surface area contributed by atoms with Gasteiger partial charge < -0.3 is 15.4 Å². The number of hydrogen-bond donors (Lipinski definition) is 3. The Morgan fingerprint density at radius 3 is 2.52 bits per heavy atom. The van der Waals surface area contributed by atoms with Crippen LogP contribution in [0.1, 0.15) is 62.2 Å². The number of amides is 1. The van der Waals surface area contributed by atoms with Crippen molar-refractivity contribution in [2.45, 2.75) is 52.5 Å². The van der Waals surface area contributed by atoms with Crippen LogP contribution in [0.25, 0.3) is 10.9 Å². The Kier molecular flexibility index (Phi) is 4.78. The van der Waals surface area contributed by atoms with Crippen molar-refractivity contribution in [2.24, 2.45) is 0 Å². The van der Waals surface area contributed by atoms with Crippen LogP contribution in [-0.4, -0.2) is 22.0 Å². The Balaban J connectivity index is 2.47. The van der Waals surface area contributed by atoms with Gasteiger partial charge in [0.25, 0.3) is 0 Å². The molecule has 0 aliphatic rings. The average Bonchev–Trinajstić information content (AvgIpc) is 2.82. The summed E-state index contributed by atoms with van der Waals surface area (Å²) in [6, 6.07) is 5.92. The van der Waals surface area contributed by atoms with Gasteiger partial charge in [0.15, 0.2) is 0 Å². The highest BCUT2D eigenvalue weighted by Crippen LogP contribution is 2.29. The molecule has 1 aromatic heterocycles. The van der Waals surface area contributed by atoms with Gasteiger partial charge in [0.1, 0.15) is 5.69 Å². The normalized spacial score (nSPS) is 11.7. The lowest BCUT2D eigenvalue weighted by molar-refractivity contribution is -0.121. The third kappa shape index (κ3) is 3.73. The predicted octanol–water partition coefficient (Wildman–Crippen LogP) is 3.58. The van der Waals surface area contributed by atoms with Crippen LogP contribution in [0, 0.1) is 0 Å². The fourth-order valence-corrected chi connectivity index (χ4v) is 2.58. The van der Waals surface area contributed by atoms with Gasteiger partial charge in [-0.15, -0.1) is 0 Å². The van der Waals surface area contributed by atoms with Crippen molar-refractivity contribution in [2.75, 3.05) is 0 Å². The van der Waals surface area contributed by atoms with Crippen molar-refractivity contribution in [3.05, 3.63) is 35.0 Å². The number of carbonyl (C=O) groups excluding carboxylic acids is 1. The number of fused-ring (bicyclic) bond motifs is 1. The maximum Gasteiger partial charge on any atom is 0.352 e. The van der Waals surface area contributed by atoms with Crippen LogP contribution < -0.4 is 5.32 Å². The van der Waals surface area contributed by atoms with Crippen molar-refractivity contribution < 1.29 is 14.7 Å². The zero-order valence-electron chi connectivity index (χ0n) is 14.1. The molecule has 0 aliphatic heterocycles.